The van der Waals surface area contributed by atoms with Gasteiger partial charge in [0.2, 0.25) is 11.0 Å². The number of anilines is 2. The standard InChI is InChI=1S/C32H37N9O2S/c1-19(2)36-25-13-26(27-7-6-23-12-20(14-33)15-35-41(23)27)34-16-24(25)29-38-39-31(44-29)40-17-21-4-5-22(18-40)28(21)37-30(42)32(3)8-10-43-11-9-32/h6-7,12-13,15-16,19,21-22,28H,4-5,8-11,17-18H2,1-3H3,(H,34,36)(H,37,42). The van der Waals surface area contributed by atoms with Gasteiger partial charge in [-0.3, -0.25) is 9.78 Å². The van der Waals surface area contributed by atoms with Gasteiger partial charge in [0.15, 0.2) is 5.01 Å². The fourth-order valence-electron chi connectivity index (χ4n) is 6.89. The van der Waals surface area contributed by atoms with Gasteiger partial charge in [-0.2, -0.15) is 10.4 Å². The lowest BCUT2D eigenvalue weighted by Crippen LogP contribution is -2.55. The summed E-state index contributed by atoms with van der Waals surface area (Å²) < 4.78 is 7.31. The molecule has 2 unspecified atom stereocenters. The molecule has 11 nitrogen and oxygen atoms in total. The molecular formula is C32H37N9O2S. The topological polar surface area (TPSA) is 133 Å². The minimum Gasteiger partial charge on any atom is -0.382 e. The Morgan fingerprint density at radius 3 is 2.64 bits per heavy atom. The number of pyridine rings is 1. The smallest absolute Gasteiger partial charge is 0.226 e. The van der Waals surface area contributed by atoms with Crippen LogP contribution in [0.2, 0.25) is 0 Å². The van der Waals surface area contributed by atoms with Crippen LogP contribution in [0.1, 0.15) is 52.0 Å². The van der Waals surface area contributed by atoms with Crippen molar-refractivity contribution in [3.05, 3.63) is 42.2 Å². The van der Waals surface area contributed by atoms with E-state index in [1.54, 1.807) is 22.0 Å². The van der Waals surface area contributed by atoms with Gasteiger partial charge in [0, 0.05) is 50.3 Å². The highest BCUT2D eigenvalue weighted by molar-refractivity contribution is 7.18. The third kappa shape index (κ3) is 5.28. The van der Waals surface area contributed by atoms with Crippen molar-refractivity contribution in [3.63, 3.8) is 0 Å². The maximum atomic E-state index is 13.3. The van der Waals surface area contributed by atoms with E-state index < -0.39 is 0 Å². The van der Waals surface area contributed by atoms with Crippen molar-refractivity contribution in [2.75, 3.05) is 36.5 Å². The van der Waals surface area contributed by atoms with Crippen molar-refractivity contribution < 1.29 is 9.53 Å². The van der Waals surface area contributed by atoms with Crippen molar-refractivity contribution in [2.24, 2.45) is 17.3 Å². The second kappa shape index (κ2) is 11.4. The van der Waals surface area contributed by atoms with E-state index in [1.165, 1.54) is 0 Å². The number of aromatic nitrogens is 5. The maximum absolute atomic E-state index is 13.3. The van der Waals surface area contributed by atoms with Gasteiger partial charge in [-0.25, -0.2) is 4.52 Å². The second-order valence-electron chi connectivity index (χ2n) is 12.9. The highest BCUT2D eigenvalue weighted by Crippen LogP contribution is 2.42. The molecule has 228 valence electrons. The molecule has 0 radical (unpaired) electrons. The molecule has 2 aliphatic heterocycles. The Kier molecular flexibility index (Phi) is 7.46. The summed E-state index contributed by atoms with van der Waals surface area (Å²) in [6, 6.07) is 10.3. The van der Waals surface area contributed by atoms with Gasteiger partial charge in [0.25, 0.3) is 0 Å². The van der Waals surface area contributed by atoms with Gasteiger partial charge in [-0.15, -0.1) is 10.2 Å². The molecule has 12 heteroatoms. The number of carbonyl (C=O) groups excluding carboxylic acids is 1. The molecule has 1 aliphatic carbocycles. The molecule has 1 amide bonds. The average Bonchev–Trinajstić information content (AvgIpc) is 3.73. The Morgan fingerprint density at radius 2 is 1.91 bits per heavy atom. The Bertz CT molecular complexity index is 1720. The van der Waals surface area contributed by atoms with E-state index in [0.29, 0.717) is 30.6 Å². The quantitative estimate of drug-likeness (QED) is 0.304. The molecule has 7 rings (SSSR count). The van der Waals surface area contributed by atoms with Gasteiger partial charge in [-0.05, 0) is 75.6 Å². The molecule has 2 bridgehead atoms. The number of hydrogen-bond acceptors (Lipinski definition) is 10. The van der Waals surface area contributed by atoms with Gasteiger partial charge in [0.05, 0.1) is 39.6 Å². The number of piperidine rings is 1. The van der Waals surface area contributed by atoms with E-state index in [9.17, 15) is 10.1 Å². The number of ether oxygens (including phenoxy) is 1. The van der Waals surface area contributed by atoms with E-state index in [4.69, 9.17) is 9.72 Å². The number of rotatable bonds is 7. The zero-order chi connectivity index (χ0) is 30.4. The SMILES string of the molecule is CC(C)Nc1cc(-c2ccc3cc(C#N)cnn23)ncc1-c1nnc(N2CC3CCC(C2)C3NC(=O)C2(C)CCOCC2)s1. The predicted octanol–water partition coefficient (Wildman–Crippen LogP) is 4.75. The lowest BCUT2D eigenvalue weighted by atomic mass is 9.80. The number of nitrogens with zero attached hydrogens (tertiary/aromatic N) is 7. The van der Waals surface area contributed by atoms with Crippen LogP contribution in [0.25, 0.3) is 27.5 Å². The number of nitrogens with one attached hydrogen (secondary N) is 2. The Hall–Kier alpha value is -4.08. The number of fused-ring (bicyclic) bond motifs is 3. The summed E-state index contributed by atoms with van der Waals surface area (Å²) in [5.41, 5.74) is 4.48. The lowest BCUT2D eigenvalue weighted by Gasteiger charge is -2.40. The van der Waals surface area contributed by atoms with Crippen LogP contribution in [0.4, 0.5) is 10.8 Å². The van der Waals surface area contributed by atoms with Crippen LogP contribution >= 0.6 is 11.3 Å². The number of nitriles is 1. The van der Waals surface area contributed by atoms with Crippen LogP contribution in [0, 0.1) is 28.6 Å². The normalized spacial score (nSPS) is 22.7. The summed E-state index contributed by atoms with van der Waals surface area (Å²) in [5.74, 6) is 0.996. The third-order valence-electron chi connectivity index (χ3n) is 9.43. The van der Waals surface area contributed by atoms with Crippen LogP contribution in [0.5, 0.6) is 0 Å². The molecule has 2 N–H and O–H groups in total. The first-order valence-electron chi connectivity index (χ1n) is 15.4. The van der Waals surface area contributed by atoms with E-state index in [1.807, 2.05) is 30.5 Å². The molecular weight excluding hydrogens is 574 g/mol. The molecule has 2 atom stereocenters. The zero-order valence-electron chi connectivity index (χ0n) is 25.3. The van der Waals surface area contributed by atoms with E-state index in [0.717, 1.165) is 77.1 Å². The van der Waals surface area contributed by atoms with Crippen molar-refractivity contribution in [3.8, 4) is 28.0 Å². The van der Waals surface area contributed by atoms with Crippen LogP contribution < -0.4 is 15.5 Å². The zero-order valence-corrected chi connectivity index (χ0v) is 26.1. The van der Waals surface area contributed by atoms with Crippen LogP contribution in [0.3, 0.4) is 0 Å². The molecule has 4 aromatic heterocycles. The number of amides is 1. The molecule has 1 saturated carbocycles. The van der Waals surface area contributed by atoms with Crippen LogP contribution in [0.15, 0.2) is 36.7 Å². The van der Waals surface area contributed by atoms with Crippen LogP contribution in [-0.2, 0) is 9.53 Å². The Labute approximate surface area is 260 Å². The summed E-state index contributed by atoms with van der Waals surface area (Å²) >= 11 is 1.59. The summed E-state index contributed by atoms with van der Waals surface area (Å²) in [6.45, 7) is 9.34. The van der Waals surface area contributed by atoms with Crippen molar-refractivity contribution in [1.82, 2.24) is 30.1 Å². The molecule has 0 aromatic carbocycles. The summed E-state index contributed by atoms with van der Waals surface area (Å²) in [7, 11) is 0. The Balaban J connectivity index is 1.10. The van der Waals surface area contributed by atoms with Gasteiger partial charge >= 0.3 is 0 Å². The van der Waals surface area contributed by atoms with E-state index in [-0.39, 0.29) is 23.4 Å². The van der Waals surface area contributed by atoms with E-state index >= 15 is 0 Å². The first-order valence-corrected chi connectivity index (χ1v) is 16.3. The monoisotopic (exact) mass is 611 g/mol. The van der Waals surface area contributed by atoms with Gasteiger partial charge in [-0.1, -0.05) is 18.3 Å². The molecule has 0 spiro atoms. The number of hydrogen-bond donors (Lipinski definition) is 2. The minimum atomic E-state index is -0.333. The molecule has 4 aromatic rings. The van der Waals surface area contributed by atoms with Gasteiger partial charge in [0.1, 0.15) is 6.07 Å². The summed E-state index contributed by atoms with van der Waals surface area (Å²) in [4.78, 5) is 20.4. The summed E-state index contributed by atoms with van der Waals surface area (Å²) in [6.07, 6.45) is 7.23. The fraction of sp³-hybridized carbons (Fsp3) is 0.500. The summed E-state index contributed by atoms with van der Waals surface area (Å²) in [5, 5.41) is 31.7. The lowest BCUT2D eigenvalue weighted by molar-refractivity contribution is -0.136. The highest BCUT2D eigenvalue weighted by Gasteiger charge is 2.46. The van der Waals surface area contributed by atoms with Crippen molar-refractivity contribution >= 4 is 33.6 Å². The first-order chi connectivity index (χ1) is 21.3. The third-order valence-corrected chi connectivity index (χ3v) is 10.4. The molecule has 6 heterocycles. The van der Waals surface area contributed by atoms with Crippen molar-refractivity contribution in [2.45, 2.75) is 58.5 Å². The molecule has 3 aliphatic rings. The molecule has 2 saturated heterocycles. The Morgan fingerprint density at radius 1 is 1.14 bits per heavy atom. The average molecular weight is 612 g/mol. The van der Waals surface area contributed by atoms with E-state index in [2.05, 4.69) is 57.7 Å². The second-order valence-corrected chi connectivity index (χ2v) is 13.8. The van der Waals surface area contributed by atoms with Gasteiger partial charge < -0.3 is 20.3 Å². The predicted molar refractivity (Wildman–Crippen MR) is 169 cm³/mol. The van der Waals surface area contributed by atoms with Crippen molar-refractivity contribution in [1.29, 1.82) is 5.26 Å². The minimum absolute atomic E-state index is 0.186. The molecule has 3 fully saturated rings. The highest BCUT2D eigenvalue weighted by atomic mass is 32.1. The maximum Gasteiger partial charge on any atom is 0.226 e. The van der Waals surface area contributed by atoms with Crippen LogP contribution in [-0.4, -0.2) is 69.1 Å². The number of carbonyl (C=O) groups is 1. The first kappa shape index (κ1) is 28.7. The largest absolute Gasteiger partial charge is 0.382 e. The molecule has 44 heavy (non-hydrogen) atoms. The fourth-order valence-corrected chi connectivity index (χ4v) is 7.78.